The Bertz CT molecular complexity index is 1610. The van der Waals surface area contributed by atoms with Crippen LogP contribution in [0.25, 0.3) is 22.6 Å². The van der Waals surface area contributed by atoms with Gasteiger partial charge in [-0.15, -0.1) is 0 Å². The molecule has 4 heterocycles. The Balaban J connectivity index is 1.58. The van der Waals surface area contributed by atoms with Crippen LogP contribution >= 0.6 is 0 Å². The van der Waals surface area contributed by atoms with Crippen LogP contribution in [-0.2, 0) is 12.7 Å². The number of pyridine rings is 2. The molecule has 0 saturated carbocycles. The van der Waals surface area contributed by atoms with Crippen LogP contribution in [0.4, 0.5) is 27.8 Å². The molecule has 1 aromatic carbocycles. The predicted octanol–water partition coefficient (Wildman–Crippen LogP) is 4.80. The van der Waals surface area contributed by atoms with Crippen molar-refractivity contribution < 1.29 is 26.4 Å². The lowest BCUT2D eigenvalue weighted by molar-refractivity contribution is -0.137. The Hall–Kier alpha value is -4.50. The molecule has 1 aliphatic heterocycles. The molecule has 5 rings (SSSR count). The van der Waals surface area contributed by atoms with Crippen LogP contribution in [0.15, 0.2) is 64.1 Å². The number of piperazine rings is 1. The zero-order valence-corrected chi connectivity index (χ0v) is 20.2. The van der Waals surface area contributed by atoms with Crippen molar-refractivity contribution in [1.29, 1.82) is 5.26 Å². The summed E-state index contributed by atoms with van der Waals surface area (Å²) in [7, 11) is 0. The molecule has 1 aliphatic rings. The fourth-order valence-electron chi connectivity index (χ4n) is 4.42. The number of hydrogen-bond donors (Lipinski definition) is 1. The number of nitrogens with one attached hydrogen (secondary N) is 1. The molecule has 0 atom stereocenters. The second-order valence-electron chi connectivity index (χ2n) is 8.90. The second kappa shape index (κ2) is 10.3. The summed E-state index contributed by atoms with van der Waals surface area (Å²) >= 11 is 0. The van der Waals surface area contributed by atoms with E-state index < -0.39 is 41.0 Å². The van der Waals surface area contributed by atoms with E-state index in [0.29, 0.717) is 23.3 Å². The molecule has 0 bridgehead atoms. The third-order valence-corrected chi connectivity index (χ3v) is 6.44. The Kier molecular flexibility index (Phi) is 6.93. The Morgan fingerprint density at radius 1 is 1.05 bits per heavy atom. The van der Waals surface area contributed by atoms with Gasteiger partial charge in [0.05, 0.1) is 24.1 Å². The summed E-state index contributed by atoms with van der Waals surface area (Å²) in [6, 6.07) is 9.60. The highest BCUT2D eigenvalue weighted by Gasteiger charge is 2.37. The highest BCUT2D eigenvalue weighted by molar-refractivity contribution is 5.69. The standard InChI is InChI=1S/C27H20F5N5O2/c28-19-3-1-17(22(29)10-19)14-37-23(11-21(27(30,31)32)20(12-33)26(37)38)24-9-18(15-39-24)16-2-4-25(35-13-16)36-7-5-34-6-8-36/h1-4,9-11,13,15,34H,5-8,14H2. The van der Waals surface area contributed by atoms with E-state index in [4.69, 9.17) is 4.42 Å². The lowest BCUT2D eigenvalue weighted by Gasteiger charge is -2.28. The zero-order valence-electron chi connectivity index (χ0n) is 20.2. The number of halogens is 5. The number of nitriles is 1. The lowest BCUT2D eigenvalue weighted by atomic mass is 10.1. The Morgan fingerprint density at radius 3 is 2.46 bits per heavy atom. The fourth-order valence-corrected chi connectivity index (χ4v) is 4.42. The quantitative estimate of drug-likeness (QED) is 0.366. The van der Waals surface area contributed by atoms with Crippen molar-refractivity contribution in [3.63, 3.8) is 0 Å². The van der Waals surface area contributed by atoms with Crippen LogP contribution in [-0.4, -0.2) is 35.7 Å². The molecule has 0 amide bonds. The van der Waals surface area contributed by atoms with Gasteiger partial charge in [0.2, 0.25) is 0 Å². The van der Waals surface area contributed by atoms with Gasteiger partial charge in [0, 0.05) is 55.1 Å². The highest BCUT2D eigenvalue weighted by Crippen LogP contribution is 2.35. The molecular formula is C27H20F5N5O2. The molecule has 0 aliphatic carbocycles. The van der Waals surface area contributed by atoms with Crippen molar-refractivity contribution in [2.45, 2.75) is 12.7 Å². The van der Waals surface area contributed by atoms with Crippen LogP contribution in [0.5, 0.6) is 0 Å². The highest BCUT2D eigenvalue weighted by atomic mass is 19.4. The maximum atomic E-state index is 14.4. The van der Waals surface area contributed by atoms with Gasteiger partial charge in [0.25, 0.3) is 5.56 Å². The first kappa shape index (κ1) is 26.1. The van der Waals surface area contributed by atoms with E-state index in [1.165, 1.54) is 18.4 Å². The molecule has 1 saturated heterocycles. The number of benzene rings is 1. The molecule has 0 radical (unpaired) electrons. The number of furan rings is 1. The summed E-state index contributed by atoms with van der Waals surface area (Å²) in [6.45, 7) is 2.71. The third kappa shape index (κ3) is 5.26. The SMILES string of the molecule is N#Cc1c(C(F)(F)F)cc(-c2cc(-c3ccc(N4CCNCC4)nc3)co2)n(Cc2ccc(F)cc2F)c1=O. The van der Waals surface area contributed by atoms with E-state index in [-0.39, 0.29) is 17.0 Å². The molecule has 200 valence electrons. The van der Waals surface area contributed by atoms with Crippen molar-refractivity contribution in [2.75, 3.05) is 31.1 Å². The van der Waals surface area contributed by atoms with Gasteiger partial charge in [-0.25, -0.2) is 13.8 Å². The van der Waals surface area contributed by atoms with Crippen LogP contribution in [0, 0.1) is 23.0 Å². The van der Waals surface area contributed by atoms with Crippen LogP contribution in [0.3, 0.4) is 0 Å². The molecule has 0 spiro atoms. The first-order valence-corrected chi connectivity index (χ1v) is 11.9. The number of nitrogens with zero attached hydrogens (tertiary/aromatic N) is 4. The van der Waals surface area contributed by atoms with Crippen LogP contribution < -0.4 is 15.8 Å². The van der Waals surface area contributed by atoms with E-state index in [2.05, 4.69) is 15.2 Å². The first-order valence-electron chi connectivity index (χ1n) is 11.9. The minimum Gasteiger partial charge on any atom is -0.462 e. The molecule has 39 heavy (non-hydrogen) atoms. The molecular weight excluding hydrogens is 521 g/mol. The topological polar surface area (TPSA) is 87.1 Å². The normalized spacial score (nSPS) is 13.9. The van der Waals surface area contributed by atoms with E-state index in [1.807, 2.05) is 6.07 Å². The van der Waals surface area contributed by atoms with E-state index in [1.54, 1.807) is 12.3 Å². The predicted molar refractivity (Wildman–Crippen MR) is 132 cm³/mol. The van der Waals surface area contributed by atoms with Crippen molar-refractivity contribution >= 4 is 5.82 Å². The van der Waals surface area contributed by atoms with Crippen LogP contribution in [0.1, 0.15) is 16.7 Å². The number of aromatic nitrogens is 2. The Morgan fingerprint density at radius 2 is 1.82 bits per heavy atom. The first-order chi connectivity index (χ1) is 18.7. The molecule has 12 heteroatoms. The second-order valence-corrected chi connectivity index (χ2v) is 8.90. The summed E-state index contributed by atoms with van der Waals surface area (Å²) in [4.78, 5) is 19.7. The van der Waals surface area contributed by atoms with Gasteiger partial charge in [-0.2, -0.15) is 18.4 Å². The molecule has 0 unspecified atom stereocenters. The van der Waals surface area contributed by atoms with Crippen molar-refractivity contribution in [2.24, 2.45) is 0 Å². The summed E-state index contributed by atoms with van der Waals surface area (Å²) in [5.74, 6) is -1.20. The largest absolute Gasteiger partial charge is 0.462 e. The van der Waals surface area contributed by atoms with Gasteiger partial charge < -0.3 is 14.6 Å². The maximum Gasteiger partial charge on any atom is 0.417 e. The fraction of sp³-hybridized carbons (Fsp3) is 0.222. The van der Waals surface area contributed by atoms with E-state index in [9.17, 15) is 32.0 Å². The van der Waals surface area contributed by atoms with Gasteiger partial charge in [-0.3, -0.25) is 9.36 Å². The Labute approximate surface area is 218 Å². The molecule has 1 fully saturated rings. The smallest absolute Gasteiger partial charge is 0.417 e. The van der Waals surface area contributed by atoms with Gasteiger partial charge in [0.15, 0.2) is 5.76 Å². The van der Waals surface area contributed by atoms with Gasteiger partial charge in [0.1, 0.15) is 29.1 Å². The average Bonchev–Trinajstić information content (AvgIpc) is 3.41. The number of alkyl halides is 3. The summed E-state index contributed by atoms with van der Waals surface area (Å²) in [5.41, 5.74) is -3.27. The number of anilines is 1. The zero-order chi connectivity index (χ0) is 27.7. The molecule has 4 aromatic rings. The van der Waals surface area contributed by atoms with Gasteiger partial charge in [-0.1, -0.05) is 6.07 Å². The lowest BCUT2D eigenvalue weighted by Crippen LogP contribution is -2.43. The molecule has 1 N–H and O–H groups in total. The van der Waals surface area contributed by atoms with E-state index in [0.717, 1.165) is 48.7 Å². The summed E-state index contributed by atoms with van der Waals surface area (Å²) in [6.07, 6.45) is -2.11. The van der Waals surface area contributed by atoms with Crippen LogP contribution in [0.2, 0.25) is 0 Å². The maximum absolute atomic E-state index is 14.4. The summed E-state index contributed by atoms with van der Waals surface area (Å²) in [5, 5.41) is 12.6. The van der Waals surface area contributed by atoms with Gasteiger partial charge >= 0.3 is 6.18 Å². The monoisotopic (exact) mass is 541 g/mol. The minimum atomic E-state index is -5.02. The number of rotatable bonds is 5. The van der Waals surface area contributed by atoms with Crippen molar-refractivity contribution in [3.05, 3.63) is 93.6 Å². The molecule has 3 aromatic heterocycles. The third-order valence-electron chi connectivity index (χ3n) is 6.44. The molecule has 7 nitrogen and oxygen atoms in total. The number of hydrogen-bond acceptors (Lipinski definition) is 6. The van der Waals surface area contributed by atoms with E-state index >= 15 is 0 Å². The summed E-state index contributed by atoms with van der Waals surface area (Å²) < 4.78 is 75.6. The van der Waals surface area contributed by atoms with Gasteiger partial charge in [-0.05, 0) is 30.3 Å². The van der Waals surface area contributed by atoms with Crippen molar-refractivity contribution in [3.8, 4) is 28.7 Å². The minimum absolute atomic E-state index is 0.120. The van der Waals surface area contributed by atoms with Crippen molar-refractivity contribution in [1.82, 2.24) is 14.9 Å². The average molecular weight is 541 g/mol.